The van der Waals surface area contributed by atoms with E-state index in [0.717, 1.165) is 39.7 Å². The van der Waals surface area contributed by atoms with E-state index >= 15 is 0 Å². The van der Waals surface area contributed by atoms with Crippen LogP contribution in [0.2, 0.25) is 0 Å². The molecule has 0 atom stereocenters. The van der Waals surface area contributed by atoms with Gasteiger partial charge < -0.3 is 9.80 Å². The average molecular weight is 619 g/mol. The zero-order chi connectivity index (χ0) is 32.7. The van der Waals surface area contributed by atoms with Crippen LogP contribution in [0.3, 0.4) is 0 Å². The van der Waals surface area contributed by atoms with Gasteiger partial charge in [-0.05, 0) is 109 Å². The lowest BCUT2D eigenvalue weighted by Gasteiger charge is -2.26. The number of anilines is 6. The molecule has 0 aromatic heterocycles. The van der Waals surface area contributed by atoms with Crippen LogP contribution >= 0.6 is 0 Å². The van der Waals surface area contributed by atoms with E-state index in [1.807, 2.05) is 0 Å². The maximum absolute atomic E-state index is 2.31. The van der Waals surface area contributed by atoms with Crippen LogP contribution in [0.5, 0.6) is 0 Å². The van der Waals surface area contributed by atoms with Crippen molar-refractivity contribution in [2.75, 3.05) is 9.80 Å². The van der Waals surface area contributed by atoms with Crippen molar-refractivity contribution in [3.8, 4) is 11.1 Å². The largest absolute Gasteiger partial charge is 0.311 e. The van der Waals surface area contributed by atoms with Gasteiger partial charge in [0.1, 0.15) is 0 Å². The second kappa shape index (κ2) is 14.1. The van der Waals surface area contributed by atoms with Crippen LogP contribution in [-0.2, 0) is 0 Å². The normalized spacial score (nSPS) is 11.0. The van der Waals surface area contributed by atoms with E-state index in [1.54, 1.807) is 0 Å². The molecule has 0 saturated heterocycles. The van der Waals surface area contributed by atoms with Crippen molar-refractivity contribution < 1.29 is 0 Å². The summed E-state index contributed by atoms with van der Waals surface area (Å²) in [6, 6.07) is 64.8. The zero-order valence-electron chi connectivity index (χ0n) is 27.4. The molecule has 0 amide bonds. The van der Waals surface area contributed by atoms with E-state index in [1.165, 1.54) is 27.8 Å². The van der Waals surface area contributed by atoms with Crippen LogP contribution in [-0.4, -0.2) is 0 Å². The van der Waals surface area contributed by atoms with E-state index in [9.17, 15) is 0 Å². The first kappa shape index (κ1) is 30.5. The van der Waals surface area contributed by atoms with Gasteiger partial charge in [-0.15, -0.1) is 0 Å². The number of hydrogen-bond donors (Lipinski definition) is 0. The number of rotatable bonds is 9. The molecule has 7 rings (SSSR count). The van der Waals surface area contributed by atoms with Crippen LogP contribution in [0.1, 0.15) is 22.3 Å². The summed E-state index contributed by atoms with van der Waals surface area (Å²) in [7, 11) is 0. The van der Waals surface area contributed by atoms with Crippen molar-refractivity contribution in [1.29, 1.82) is 0 Å². The first-order valence-electron chi connectivity index (χ1n) is 16.4. The molecule has 0 unspecified atom stereocenters. The zero-order valence-corrected chi connectivity index (χ0v) is 27.4. The molecule has 0 heterocycles. The van der Waals surface area contributed by atoms with Crippen LogP contribution in [0.25, 0.3) is 23.3 Å². The van der Waals surface area contributed by atoms with Gasteiger partial charge in [-0.25, -0.2) is 0 Å². The Labute approximate surface area is 284 Å². The lowest BCUT2D eigenvalue weighted by atomic mass is 10.0. The standard InChI is InChI=1S/C46H38N2/c1-35-13-27-43(28-14-35)48(44-29-15-36(2)16-30-44)46-33-25-40(26-34-46)39-23-19-37(20-24-39)17-18-38-21-31-45(32-22-38)47(41-9-5-3-6-10-41)42-11-7-4-8-12-42/h3-34H,1-2H3/b18-17+. The first-order valence-corrected chi connectivity index (χ1v) is 16.4. The first-order chi connectivity index (χ1) is 23.6. The van der Waals surface area contributed by atoms with Crippen molar-refractivity contribution in [3.63, 3.8) is 0 Å². The Morgan fingerprint density at radius 2 is 0.562 bits per heavy atom. The van der Waals surface area contributed by atoms with E-state index in [0.29, 0.717) is 0 Å². The minimum Gasteiger partial charge on any atom is -0.311 e. The highest BCUT2D eigenvalue weighted by molar-refractivity contribution is 5.80. The van der Waals surface area contributed by atoms with Gasteiger partial charge >= 0.3 is 0 Å². The van der Waals surface area contributed by atoms with E-state index < -0.39 is 0 Å². The molecule has 0 aliphatic rings. The molecule has 0 saturated carbocycles. The van der Waals surface area contributed by atoms with Gasteiger partial charge in [0.05, 0.1) is 0 Å². The van der Waals surface area contributed by atoms with E-state index in [4.69, 9.17) is 0 Å². The minimum absolute atomic E-state index is 1.13. The summed E-state index contributed by atoms with van der Waals surface area (Å²) in [5, 5.41) is 0. The molecule has 0 bridgehead atoms. The Kier molecular flexibility index (Phi) is 8.97. The molecule has 0 N–H and O–H groups in total. The highest BCUT2D eigenvalue weighted by Crippen LogP contribution is 2.37. The molecule has 2 nitrogen and oxygen atoms in total. The number of benzene rings is 7. The lowest BCUT2D eigenvalue weighted by Crippen LogP contribution is -2.09. The third kappa shape index (κ3) is 6.99. The third-order valence-electron chi connectivity index (χ3n) is 8.60. The van der Waals surface area contributed by atoms with Gasteiger partial charge in [0, 0.05) is 34.1 Å². The third-order valence-corrected chi connectivity index (χ3v) is 8.60. The Bertz CT molecular complexity index is 1990. The summed E-state index contributed by atoms with van der Waals surface area (Å²) in [5.74, 6) is 0. The lowest BCUT2D eigenvalue weighted by molar-refractivity contribution is 1.27. The summed E-state index contributed by atoms with van der Waals surface area (Å²) >= 11 is 0. The summed E-state index contributed by atoms with van der Waals surface area (Å²) in [6.07, 6.45) is 4.35. The number of hydrogen-bond acceptors (Lipinski definition) is 2. The Hall–Kier alpha value is -6.12. The number of aryl methyl sites for hydroxylation is 2. The van der Waals surface area contributed by atoms with Gasteiger partial charge in [-0.1, -0.05) is 132 Å². The smallest absolute Gasteiger partial charge is 0.0462 e. The van der Waals surface area contributed by atoms with E-state index in [-0.39, 0.29) is 0 Å². The van der Waals surface area contributed by atoms with Gasteiger partial charge in [-0.3, -0.25) is 0 Å². The molecule has 232 valence electrons. The minimum atomic E-state index is 1.13. The Morgan fingerprint density at radius 3 is 0.938 bits per heavy atom. The SMILES string of the molecule is Cc1ccc(N(c2ccc(C)cc2)c2ccc(-c3ccc(/C=C/c4ccc(N(c5ccccc5)c5ccccc5)cc4)cc3)cc2)cc1. The predicted molar refractivity (Wildman–Crippen MR) is 206 cm³/mol. The summed E-state index contributed by atoms with van der Waals surface area (Å²) in [4.78, 5) is 4.59. The highest BCUT2D eigenvalue weighted by Gasteiger charge is 2.13. The molecule has 0 fully saturated rings. The molecule has 0 spiro atoms. The maximum Gasteiger partial charge on any atom is 0.0462 e. The molecule has 48 heavy (non-hydrogen) atoms. The second-order valence-electron chi connectivity index (χ2n) is 12.1. The van der Waals surface area contributed by atoms with Gasteiger partial charge in [0.25, 0.3) is 0 Å². The van der Waals surface area contributed by atoms with Gasteiger partial charge in [-0.2, -0.15) is 0 Å². The van der Waals surface area contributed by atoms with Crippen LogP contribution in [0.4, 0.5) is 34.1 Å². The van der Waals surface area contributed by atoms with Crippen molar-refractivity contribution in [2.24, 2.45) is 0 Å². The second-order valence-corrected chi connectivity index (χ2v) is 12.1. The molecule has 2 heteroatoms. The molecule has 7 aromatic rings. The summed E-state index contributed by atoms with van der Waals surface area (Å²) < 4.78 is 0. The highest BCUT2D eigenvalue weighted by atomic mass is 15.1. The average Bonchev–Trinajstić information content (AvgIpc) is 3.14. The molecular formula is C46H38N2. The van der Waals surface area contributed by atoms with E-state index in [2.05, 4.69) is 218 Å². The number of nitrogens with zero attached hydrogens (tertiary/aromatic N) is 2. The molecule has 0 aliphatic carbocycles. The monoisotopic (exact) mass is 618 g/mol. The fourth-order valence-corrected chi connectivity index (χ4v) is 5.95. The van der Waals surface area contributed by atoms with Crippen molar-refractivity contribution in [1.82, 2.24) is 0 Å². The maximum atomic E-state index is 2.31. The topological polar surface area (TPSA) is 6.48 Å². The predicted octanol–water partition coefficient (Wildman–Crippen LogP) is 13.1. The van der Waals surface area contributed by atoms with Gasteiger partial charge in [0.15, 0.2) is 0 Å². The Balaban J connectivity index is 1.07. The summed E-state index contributed by atoms with van der Waals surface area (Å²) in [5.41, 5.74) is 14.0. The molecule has 0 radical (unpaired) electrons. The van der Waals surface area contributed by atoms with Crippen molar-refractivity contribution in [2.45, 2.75) is 13.8 Å². The quantitative estimate of drug-likeness (QED) is 0.149. The van der Waals surface area contributed by atoms with Crippen molar-refractivity contribution >= 4 is 46.3 Å². The molecule has 0 aliphatic heterocycles. The Morgan fingerprint density at radius 1 is 0.292 bits per heavy atom. The summed E-state index contributed by atoms with van der Waals surface area (Å²) in [6.45, 7) is 4.25. The fraction of sp³-hybridized carbons (Fsp3) is 0.0435. The van der Waals surface area contributed by atoms with Crippen LogP contribution in [0, 0.1) is 13.8 Å². The van der Waals surface area contributed by atoms with Crippen LogP contribution < -0.4 is 9.80 Å². The van der Waals surface area contributed by atoms with Gasteiger partial charge in [0.2, 0.25) is 0 Å². The molecule has 7 aromatic carbocycles. The van der Waals surface area contributed by atoms with Crippen molar-refractivity contribution in [3.05, 3.63) is 204 Å². The molecular weight excluding hydrogens is 581 g/mol. The fourth-order valence-electron chi connectivity index (χ4n) is 5.95. The van der Waals surface area contributed by atoms with Crippen LogP contribution in [0.15, 0.2) is 182 Å². The number of para-hydroxylation sites is 2.